The van der Waals surface area contributed by atoms with E-state index in [4.69, 9.17) is 5.11 Å². The fraction of sp³-hybridized carbons (Fsp3) is 0.429. The fourth-order valence-electron chi connectivity index (χ4n) is 1.82. The standard InChI is InChI=1S/C14H17F2NO3/c1-7-5-9(16)10(6-8(7)15)17-12(18)11(13(19)20)14(2,3)4/h5-6,11H,1-4H3,(H,17,18)(H,19,20). The Morgan fingerprint density at radius 2 is 1.75 bits per heavy atom. The van der Waals surface area contributed by atoms with Gasteiger partial charge in [-0.05, 0) is 24.0 Å². The average Bonchev–Trinajstić information content (AvgIpc) is 2.22. The lowest BCUT2D eigenvalue weighted by atomic mass is 9.80. The molecule has 110 valence electrons. The molecule has 0 saturated carbocycles. The van der Waals surface area contributed by atoms with Gasteiger partial charge < -0.3 is 10.4 Å². The van der Waals surface area contributed by atoms with E-state index in [2.05, 4.69) is 5.32 Å². The highest BCUT2D eigenvalue weighted by atomic mass is 19.1. The minimum atomic E-state index is -1.37. The number of anilines is 1. The zero-order chi connectivity index (χ0) is 15.7. The van der Waals surface area contributed by atoms with Gasteiger partial charge in [-0.3, -0.25) is 9.59 Å². The van der Waals surface area contributed by atoms with Crippen molar-refractivity contribution in [2.75, 3.05) is 5.32 Å². The van der Waals surface area contributed by atoms with Crippen LogP contribution >= 0.6 is 0 Å². The van der Waals surface area contributed by atoms with Crippen molar-refractivity contribution >= 4 is 17.6 Å². The van der Waals surface area contributed by atoms with Crippen molar-refractivity contribution in [2.45, 2.75) is 27.7 Å². The molecule has 1 aromatic carbocycles. The molecule has 0 heterocycles. The number of aryl methyl sites for hydroxylation is 1. The van der Waals surface area contributed by atoms with E-state index in [-0.39, 0.29) is 11.3 Å². The van der Waals surface area contributed by atoms with E-state index in [0.29, 0.717) is 0 Å². The van der Waals surface area contributed by atoms with E-state index < -0.39 is 34.8 Å². The maximum atomic E-state index is 13.6. The molecule has 1 amide bonds. The molecule has 0 aromatic heterocycles. The van der Waals surface area contributed by atoms with Crippen LogP contribution < -0.4 is 5.32 Å². The molecule has 4 nitrogen and oxygen atoms in total. The molecule has 1 unspecified atom stereocenters. The Kier molecular flexibility index (Phi) is 4.47. The minimum Gasteiger partial charge on any atom is -0.481 e. The largest absolute Gasteiger partial charge is 0.481 e. The van der Waals surface area contributed by atoms with Crippen molar-refractivity contribution in [3.05, 3.63) is 29.3 Å². The van der Waals surface area contributed by atoms with Gasteiger partial charge in [0.2, 0.25) is 5.91 Å². The summed E-state index contributed by atoms with van der Waals surface area (Å²) in [5, 5.41) is 11.2. The van der Waals surface area contributed by atoms with E-state index in [9.17, 15) is 18.4 Å². The minimum absolute atomic E-state index is 0.103. The van der Waals surface area contributed by atoms with Crippen LogP contribution in [-0.4, -0.2) is 17.0 Å². The Labute approximate surface area is 115 Å². The summed E-state index contributed by atoms with van der Waals surface area (Å²) in [6.07, 6.45) is 0. The number of carbonyl (C=O) groups excluding carboxylic acids is 1. The molecule has 1 rings (SSSR count). The molecular weight excluding hydrogens is 268 g/mol. The fourth-order valence-corrected chi connectivity index (χ4v) is 1.82. The van der Waals surface area contributed by atoms with Crippen LogP contribution in [-0.2, 0) is 9.59 Å². The summed E-state index contributed by atoms with van der Waals surface area (Å²) in [6, 6.07) is 1.78. The van der Waals surface area contributed by atoms with Gasteiger partial charge in [0.15, 0.2) is 0 Å². The summed E-state index contributed by atoms with van der Waals surface area (Å²) in [5.41, 5.74) is -1.12. The van der Waals surface area contributed by atoms with Crippen LogP contribution in [0.4, 0.5) is 14.5 Å². The maximum Gasteiger partial charge on any atom is 0.316 e. The second kappa shape index (κ2) is 5.56. The molecule has 0 saturated heterocycles. The predicted octanol–water partition coefficient (Wildman–Crippen LogP) is 2.96. The molecule has 0 radical (unpaired) electrons. The number of rotatable bonds is 3. The lowest BCUT2D eigenvalue weighted by molar-refractivity contribution is -0.149. The SMILES string of the molecule is Cc1cc(F)c(NC(=O)C(C(=O)O)C(C)(C)C)cc1F. The highest BCUT2D eigenvalue weighted by molar-refractivity contribution is 6.04. The third-order valence-corrected chi connectivity index (χ3v) is 2.88. The number of nitrogens with one attached hydrogen (secondary N) is 1. The Morgan fingerprint density at radius 3 is 2.20 bits per heavy atom. The van der Waals surface area contributed by atoms with Gasteiger partial charge in [0.25, 0.3) is 0 Å². The maximum absolute atomic E-state index is 13.6. The summed E-state index contributed by atoms with van der Waals surface area (Å²) in [4.78, 5) is 23.1. The molecule has 20 heavy (non-hydrogen) atoms. The monoisotopic (exact) mass is 285 g/mol. The van der Waals surface area contributed by atoms with E-state index in [1.54, 1.807) is 20.8 Å². The van der Waals surface area contributed by atoms with Crippen LogP contribution in [0.2, 0.25) is 0 Å². The van der Waals surface area contributed by atoms with Crippen LogP contribution in [0.5, 0.6) is 0 Å². The van der Waals surface area contributed by atoms with E-state index in [1.165, 1.54) is 6.92 Å². The Morgan fingerprint density at radius 1 is 1.20 bits per heavy atom. The number of halogens is 2. The first-order valence-electron chi connectivity index (χ1n) is 6.03. The van der Waals surface area contributed by atoms with Crippen LogP contribution in [0.3, 0.4) is 0 Å². The average molecular weight is 285 g/mol. The van der Waals surface area contributed by atoms with E-state index >= 15 is 0 Å². The first kappa shape index (κ1) is 16.1. The number of carboxylic acid groups (broad SMARTS) is 1. The molecule has 1 atom stereocenters. The molecule has 0 aliphatic heterocycles. The number of aliphatic carboxylic acids is 1. The number of carboxylic acids is 1. The smallest absolute Gasteiger partial charge is 0.316 e. The van der Waals surface area contributed by atoms with Crippen molar-refractivity contribution in [2.24, 2.45) is 11.3 Å². The van der Waals surface area contributed by atoms with Gasteiger partial charge in [-0.25, -0.2) is 8.78 Å². The van der Waals surface area contributed by atoms with Crippen LogP contribution in [0.1, 0.15) is 26.3 Å². The molecule has 1 aromatic rings. The molecule has 2 N–H and O–H groups in total. The first-order chi connectivity index (χ1) is 9.04. The van der Waals surface area contributed by atoms with Gasteiger partial charge in [0, 0.05) is 6.07 Å². The summed E-state index contributed by atoms with van der Waals surface area (Å²) >= 11 is 0. The zero-order valence-electron chi connectivity index (χ0n) is 11.8. The van der Waals surface area contributed by atoms with Gasteiger partial charge in [0.1, 0.15) is 17.6 Å². The topological polar surface area (TPSA) is 66.4 Å². The normalized spacial score (nSPS) is 12.9. The van der Waals surface area contributed by atoms with Crippen molar-refractivity contribution in [1.29, 1.82) is 0 Å². The van der Waals surface area contributed by atoms with Crippen molar-refractivity contribution in [1.82, 2.24) is 0 Å². The van der Waals surface area contributed by atoms with Gasteiger partial charge in [-0.1, -0.05) is 20.8 Å². The van der Waals surface area contributed by atoms with Crippen molar-refractivity contribution in [3.8, 4) is 0 Å². The van der Waals surface area contributed by atoms with Crippen LogP contribution in [0.15, 0.2) is 12.1 Å². The Balaban J connectivity index is 3.06. The Hall–Kier alpha value is -1.98. The summed E-state index contributed by atoms with van der Waals surface area (Å²) in [7, 11) is 0. The molecule has 0 aliphatic rings. The van der Waals surface area contributed by atoms with Gasteiger partial charge in [0.05, 0.1) is 5.69 Å². The molecule has 0 bridgehead atoms. The van der Waals surface area contributed by atoms with Gasteiger partial charge in [-0.2, -0.15) is 0 Å². The first-order valence-corrected chi connectivity index (χ1v) is 6.03. The lowest BCUT2D eigenvalue weighted by Crippen LogP contribution is -2.39. The van der Waals surface area contributed by atoms with E-state index in [1.807, 2.05) is 0 Å². The highest BCUT2D eigenvalue weighted by Crippen LogP contribution is 2.28. The third-order valence-electron chi connectivity index (χ3n) is 2.88. The number of hydrogen-bond acceptors (Lipinski definition) is 2. The number of carbonyl (C=O) groups is 2. The second-order valence-corrected chi connectivity index (χ2v) is 5.71. The number of amides is 1. The summed E-state index contributed by atoms with van der Waals surface area (Å²) in [5.74, 6) is -5.05. The second-order valence-electron chi connectivity index (χ2n) is 5.71. The van der Waals surface area contributed by atoms with Crippen LogP contribution in [0.25, 0.3) is 0 Å². The molecule has 6 heteroatoms. The van der Waals surface area contributed by atoms with Crippen molar-refractivity contribution in [3.63, 3.8) is 0 Å². The lowest BCUT2D eigenvalue weighted by Gasteiger charge is -2.26. The number of hydrogen-bond donors (Lipinski definition) is 2. The number of benzene rings is 1. The summed E-state index contributed by atoms with van der Waals surface area (Å²) < 4.78 is 27.0. The quantitative estimate of drug-likeness (QED) is 0.839. The highest BCUT2D eigenvalue weighted by Gasteiger charge is 2.38. The van der Waals surface area contributed by atoms with Crippen LogP contribution in [0, 0.1) is 29.9 Å². The molecule has 0 spiro atoms. The summed E-state index contributed by atoms with van der Waals surface area (Å²) in [6.45, 7) is 6.13. The Bertz CT molecular complexity index is 550. The van der Waals surface area contributed by atoms with Crippen molar-refractivity contribution < 1.29 is 23.5 Å². The molecular formula is C14H17F2NO3. The predicted molar refractivity (Wildman–Crippen MR) is 70.3 cm³/mol. The molecule has 0 fully saturated rings. The van der Waals surface area contributed by atoms with Gasteiger partial charge in [-0.15, -0.1) is 0 Å². The molecule has 0 aliphatic carbocycles. The zero-order valence-corrected chi connectivity index (χ0v) is 11.8. The van der Waals surface area contributed by atoms with E-state index in [0.717, 1.165) is 12.1 Å². The van der Waals surface area contributed by atoms with Gasteiger partial charge >= 0.3 is 5.97 Å². The third kappa shape index (κ3) is 3.53.